The molecular formula is C23H25N5O2. The van der Waals surface area contributed by atoms with E-state index in [-0.39, 0.29) is 24.4 Å². The molecule has 0 bridgehead atoms. The highest BCUT2D eigenvalue weighted by Gasteiger charge is 2.31. The van der Waals surface area contributed by atoms with Crippen LogP contribution in [-0.4, -0.2) is 51.1 Å². The number of nitrogens with zero attached hydrogens (tertiary/aromatic N) is 4. The zero-order chi connectivity index (χ0) is 20.9. The second-order valence-corrected chi connectivity index (χ2v) is 7.44. The molecule has 1 aromatic carbocycles. The van der Waals surface area contributed by atoms with Crippen LogP contribution in [-0.2, 0) is 4.79 Å². The molecule has 0 radical (unpaired) electrons. The predicted molar refractivity (Wildman–Crippen MR) is 114 cm³/mol. The van der Waals surface area contributed by atoms with Crippen LogP contribution in [0.2, 0.25) is 0 Å². The molecule has 0 saturated heterocycles. The van der Waals surface area contributed by atoms with Gasteiger partial charge < -0.3 is 10.2 Å². The molecule has 1 saturated carbocycles. The van der Waals surface area contributed by atoms with Crippen LogP contribution < -0.4 is 5.32 Å². The monoisotopic (exact) mass is 403 g/mol. The van der Waals surface area contributed by atoms with Gasteiger partial charge in [-0.15, -0.1) is 0 Å². The lowest BCUT2D eigenvalue weighted by molar-refractivity contribution is -0.121. The fourth-order valence-corrected chi connectivity index (χ4v) is 3.95. The van der Waals surface area contributed by atoms with Crippen LogP contribution in [0.1, 0.15) is 36.2 Å². The maximum Gasteiger partial charge on any atom is 0.275 e. The van der Waals surface area contributed by atoms with Gasteiger partial charge in [0, 0.05) is 31.0 Å². The van der Waals surface area contributed by atoms with E-state index in [0.717, 1.165) is 42.6 Å². The van der Waals surface area contributed by atoms with Gasteiger partial charge in [-0.05, 0) is 31.0 Å². The Balaban J connectivity index is 1.75. The van der Waals surface area contributed by atoms with Crippen LogP contribution in [0, 0.1) is 0 Å². The van der Waals surface area contributed by atoms with Crippen molar-refractivity contribution in [3.05, 3.63) is 66.6 Å². The Morgan fingerprint density at radius 2 is 1.80 bits per heavy atom. The number of amides is 2. The number of rotatable bonds is 6. The Labute approximate surface area is 175 Å². The van der Waals surface area contributed by atoms with Gasteiger partial charge in [-0.1, -0.05) is 43.2 Å². The van der Waals surface area contributed by atoms with Crippen molar-refractivity contribution in [3.8, 4) is 16.9 Å². The number of pyridine rings is 1. The summed E-state index contributed by atoms with van der Waals surface area (Å²) >= 11 is 0. The number of carbonyl (C=O) groups is 2. The zero-order valence-electron chi connectivity index (χ0n) is 17.0. The lowest BCUT2D eigenvalue weighted by Gasteiger charge is -2.27. The van der Waals surface area contributed by atoms with Crippen LogP contribution in [0.5, 0.6) is 0 Å². The second-order valence-electron chi connectivity index (χ2n) is 7.44. The first-order chi connectivity index (χ1) is 14.7. The molecule has 0 unspecified atom stereocenters. The average Bonchev–Trinajstić information content (AvgIpc) is 3.48. The summed E-state index contributed by atoms with van der Waals surface area (Å²) in [5, 5.41) is 7.28. The molecule has 30 heavy (non-hydrogen) atoms. The SMILES string of the molecule is CNC(=O)CN(C(=O)c1cc(-c2ccccc2)n(-c2ccncc2)n1)C1CCCC1. The van der Waals surface area contributed by atoms with Gasteiger partial charge in [0.25, 0.3) is 5.91 Å². The first-order valence-electron chi connectivity index (χ1n) is 10.2. The van der Waals surface area contributed by atoms with Gasteiger partial charge in [-0.25, -0.2) is 4.68 Å². The Bertz CT molecular complexity index is 954. The van der Waals surface area contributed by atoms with Gasteiger partial charge >= 0.3 is 0 Å². The minimum absolute atomic E-state index is 0.0444. The van der Waals surface area contributed by atoms with E-state index in [1.165, 1.54) is 0 Å². The van der Waals surface area contributed by atoms with E-state index in [1.54, 1.807) is 29.0 Å². The summed E-state index contributed by atoms with van der Waals surface area (Å²) in [5.74, 6) is -0.386. The van der Waals surface area contributed by atoms with Gasteiger partial charge in [0.05, 0.1) is 11.4 Å². The summed E-state index contributed by atoms with van der Waals surface area (Å²) < 4.78 is 1.76. The third-order valence-electron chi connectivity index (χ3n) is 5.52. The number of hydrogen-bond donors (Lipinski definition) is 1. The molecular weight excluding hydrogens is 378 g/mol. The van der Waals surface area contributed by atoms with Crippen LogP contribution in [0.3, 0.4) is 0 Å². The Kier molecular flexibility index (Phi) is 5.88. The molecule has 0 aliphatic heterocycles. The van der Waals surface area contributed by atoms with E-state index in [4.69, 9.17) is 0 Å². The summed E-state index contributed by atoms with van der Waals surface area (Å²) in [6.07, 6.45) is 7.37. The number of benzene rings is 1. The number of nitrogens with one attached hydrogen (secondary N) is 1. The number of carbonyl (C=O) groups excluding carboxylic acids is 2. The lowest BCUT2D eigenvalue weighted by atomic mass is 10.1. The summed E-state index contributed by atoms with van der Waals surface area (Å²) in [5.41, 5.74) is 2.93. The molecule has 2 amide bonds. The van der Waals surface area contributed by atoms with Crippen molar-refractivity contribution in [1.29, 1.82) is 0 Å². The molecule has 7 heteroatoms. The lowest BCUT2D eigenvalue weighted by Crippen LogP contribution is -2.45. The molecule has 1 N–H and O–H groups in total. The molecule has 1 fully saturated rings. The zero-order valence-corrected chi connectivity index (χ0v) is 17.0. The topological polar surface area (TPSA) is 80.1 Å². The summed E-state index contributed by atoms with van der Waals surface area (Å²) in [6, 6.07) is 15.4. The van der Waals surface area contributed by atoms with E-state index in [1.807, 2.05) is 48.5 Å². The molecule has 7 nitrogen and oxygen atoms in total. The summed E-state index contributed by atoms with van der Waals surface area (Å²) in [4.78, 5) is 31.3. The number of likely N-dealkylation sites (N-methyl/N-ethyl adjacent to an activating group) is 1. The van der Waals surface area contributed by atoms with E-state index < -0.39 is 0 Å². The highest BCUT2D eigenvalue weighted by molar-refractivity contribution is 5.96. The van der Waals surface area contributed by atoms with E-state index in [9.17, 15) is 9.59 Å². The highest BCUT2D eigenvalue weighted by atomic mass is 16.2. The van der Waals surface area contributed by atoms with Gasteiger partial charge in [-0.3, -0.25) is 14.6 Å². The van der Waals surface area contributed by atoms with Crippen LogP contribution >= 0.6 is 0 Å². The van der Waals surface area contributed by atoms with E-state index in [2.05, 4.69) is 15.4 Å². The van der Waals surface area contributed by atoms with Gasteiger partial charge in [0.15, 0.2) is 5.69 Å². The first kappa shape index (κ1) is 19.8. The fraction of sp³-hybridized carbons (Fsp3) is 0.304. The minimum atomic E-state index is -0.213. The largest absolute Gasteiger partial charge is 0.358 e. The summed E-state index contributed by atoms with van der Waals surface area (Å²) in [7, 11) is 1.59. The average molecular weight is 403 g/mol. The van der Waals surface area contributed by atoms with Crippen molar-refractivity contribution in [2.24, 2.45) is 0 Å². The Hall–Kier alpha value is -3.48. The maximum absolute atomic E-state index is 13.5. The van der Waals surface area contributed by atoms with Crippen molar-refractivity contribution >= 4 is 11.8 Å². The van der Waals surface area contributed by atoms with Crippen molar-refractivity contribution < 1.29 is 9.59 Å². The molecule has 2 aromatic heterocycles. The van der Waals surface area contributed by atoms with Gasteiger partial charge in [0.1, 0.15) is 6.54 Å². The fourth-order valence-electron chi connectivity index (χ4n) is 3.95. The number of hydrogen-bond acceptors (Lipinski definition) is 4. The Morgan fingerprint density at radius 1 is 1.10 bits per heavy atom. The third-order valence-corrected chi connectivity index (χ3v) is 5.52. The minimum Gasteiger partial charge on any atom is -0.358 e. The predicted octanol–water partition coefficient (Wildman–Crippen LogP) is 3.07. The smallest absolute Gasteiger partial charge is 0.275 e. The van der Waals surface area contributed by atoms with Crippen molar-refractivity contribution in [1.82, 2.24) is 25.0 Å². The van der Waals surface area contributed by atoms with Gasteiger partial charge in [-0.2, -0.15) is 5.10 Å². The van der Waals surface area contributed by atoms with E-state index >= 15 is 0 Å². The first-order valence-corrected chi connectivity index (χ1v) is 10.2. The van der Waals surface area contributed by atoms with Crippen molar-refractivity contribution in [2.75, 3.05) is 13.6 Å². The second kappa shape index (κ2) is 8.90. The number of aromatic nitrogens is 3. The van der Waals surface area contributed by atoms with Crippen LogP contribution in [0.4, 0.5) is 0 Å². The van der Waals surface area contributed by atoms with Crippen LogP contribution in [0.15, 0.2) is 60.9 Å². The molecule has 0 spiro atoms. The standard InChI is InChI=1S/C23H25N5O2/c1-24-22(29)16-27(18-9-5-6-10-18)23(30)20-15-21(17-7-3-2-4-8-17)28(26-20)19-11-13-25-14-12-19/h2-4,7-8,11-15,18H,5-6,9-10,16H2,1H3,(H,24,29). The quantitative estimate of drug-likeness (QED) is 0.686. The molecule has 1 aliphatic carbocycles. The normalized spacial score (nSPS) is 13.9. The molecule has 0 atom stereocenters. The molecule has 2 heterocycles. The molecule has 154 valence electrons. The van der Waals surface area contributed by atoms with Gasteiger partial charge in [0.2, 0.25) is 5.91 Å². The van der Waals surface area contributed by atoms with Crippen molar-refractivity contribution in [2.45, 2.75) is 31.7 Å². The van der Waals surface area contributed by atoms with E-state index in [0.29, 0.717) is 5.69 Å². The third kappa shape index (κ3) is 4.10. The Morgan fingerprint density at radius 3 is 2.47 bits per heavy atom. The molecule has 1 aliphatic rings. The molecule has 3 aromatic rings. The van der Waals surface area contributed by atoms with Crippen molar-refractivity contribution in [3.63, 3.8) is 0 Å². The summed E-state index contributed by atoms with van der Waals surface area (Å²) in [6.45, 7) is 0.0444. The molecule has 4 rings (SSSR count). The van der Waals surface area contributed by atoms with Crippen LogP contribution in [0.25, 0.3) is 16.9 Å². The highest BCUT2D eigenvalue weighted by Crippen LogP contribution is 2.27. The maximum atomic E-state index is 13.5.